The van der Waals surface area contributed by atoms with E-state index in [1.165, 1.54) is 5.57 Å². The Morgan fingerprint density at radius 3 is 2.58 bits per heavy atom. The molecule has 0 spiro atoms. The lowest BCUT2D eigenvalue weighted by Gasteiger charge is -2.34. The lowest BCUT2D eigenvalue weighted by molar-refractivity contribution is 0.112. The highest BCUT2D eigenvalue weighted by Gasteiger charge is 2.22. The number of rotatable bonds is 2. The third kappa shape index (κ3) is 3.19. The highest BCUT2D eigenvalue weighted by molar-refractivity contribution is 6.31. The predicted octanol–water partition coefficient (Wildman–Crippen LogP) is 4.34. The molecule has 0 aliphatic carbocycles. The Morgan fingerprint density at radius 1 is 1.32 bits per heavy atom. The van der Waals surface area contributed by atoms with Crippen LogP contribution in [0, 0.1) is 5.41 Å². The number of nitrogens with zero attached hydrogens (tertiary/aromatic N) is 1. The Hall–Kier alpha value is -1.28. The summed E-state index contributed by atoms with van der Waals surface area (Å²) in [7, 11) is 0. The summed E-state index contributed by atoms with van der Waals surface area (Å²) in [5.74, 6) is 0. The molecule has 1 aromatic rings. The van der Waals surface area contributed by atoms with Crippen LogP contribution in [0.25, 0.3) is 0 Å². The highest BCUT2D eigenvalue weighted by atomic mass is 35.5. The molecule has 1 heterocycles. The van der Waals surface area contributed by atoms with E-state index in [9.17, 15) is 4.79 Å². The van der Waals surface area contributed by atoms with E-state index in [2.05, 4.69) is 31.7 Å². The molecule has 0 amide bonds. The van der Waals surface area contributed by atoms with E-state index >= 15 is 0 Å². The van der Waals surface area contributed by atoms with Crippen LogP contribution in [-0.4, -0.2) is 19.4 Å². The normalized spacial score (nSPS) is 16.2. The molecule has 0 N–H and O–H groups in total. The van der Waals surface area contributed by atoms with E-state index in [0.717, 1.165) is 31.5 Å². The average molecular weight is 278 g/mol. The molecule has 3 heteroatoms. The number of carbonyl (C=O) groups is 1. The molecule has 0 aromatic heterocycles. The Bertz CT molecular complexity index is 514. The molecular weight excluding hydrogens is 258 g/mol. The minimum Gasteiger partial charge on any atom is -0.367 e. The van der Waals surface area contributed by atoms with E-state index in [4.69, 9.17) is 11.6 Å². The first kappa shape index (κ1) is 14.1. The number of halogens is 1. The van der Waals surface area contributed by atoms with Crippen LogP contribution in [0.1, 0.15) is 37.6 Å². The number of hydrogen-bond donors (Lipinski definition) is 0. The molecule has 2 nitrogen and oxygen atoms in total. The number of aldehydes is 1. The van der Waals surface area contributed by atoms with E-state index in [-0.39, 0.29) is 5.41 Å². The Morgan fingerprint density at radius 2 is 2.05 bits per heavy atom. The van der Waals surface area contributed by atoms with Gasteiger partial charge in [-0.1, -0.05) is 44.0 Å². The van der Waals surface area contributed by atoms with Gasteiger partial charge in [-0.05, 0) is 30.0 Å². The molecule has 1 aliphatic heterocycles. The summed E-state index contributed by atoms with van der Waals surface area (Å²) < 4.78 is 0. The fraction of sp³-hybridized carbons (Fsp3) is 0.438. The van der Waals surface area contributed by atoms with Crippen molar-refractivity contribution in [3.05, 3.63) is 40.4 Å². The predicted molar refractivity (Wildman–Crippen MR) is 81.2 cm³/mol. The summed E-state index contributed by atoms with van der Waals surface area (Å²) in [5.41, 5.74) is 3.37. The topological polar surface area (TPSA) is 20.3 Å². The van der Waals surface area contributed by atoms with Gasteiger partial charge in [-0.15, -0.1) is 0 Å². The van der Waals surface area contributed by atoms with Gasteiger partial charge in [0.05, 0.1) is 0 Å². The van der Waals surface area contributed by atoms with Crippen molar-refractivity contribution in [2.24, 2.45) is 5.41 Å². The molecule has 0 saturated carbocycles. The lowest BCUT2D eigenvalue weighted by atomic mass is 9.83. The molecule has 0 atom stereocenters. The van der Waals surface area contributed by atoms with Crippen molar-refractivity contribution in [3.8, 4) is 0 Å². The first-order valence-electron chi connectivity index (χ1n) is 6.61. The van der Waals surface area contributed by atoms with E-state index in [1.54, 1.807) is 6.07 Å². The molecule has 1 aromatic carbocycles. The molecule has 0 unspecified atom stereocenters. The molecule has 102 valence electrons. The second-order valence-corrected chi connectivity index (χ2v) is 6.43. The van der Waals surface area contributed by atoms with Crippen LogP contribution < -0.4 is 4.90 Å². The SMILES string of the molecule is CC(C)(C)C1=CCN(c2ccc(Cl)cc2C=O)CC1. The van der Waals surface area contributed by atoms with E-state index < -0.39 is 0 Å². The minimum absolute atomic E-state index is 0.236. The summed E-state index contributed by atoms with van der Waals surface area (Å²) in [6.45, 7) is 8.54. The molecule has 0 radical (unpaired) electrons. The summed E-state index contributed by atoms with van der Waals surface area (Å²) >= 11 is 5.93. The van der Waals surface area contributed by atoms with Gasteiger partial charge in [0.15, 0.2) is 6.29 Å². The molecule has 2 rings (SSSR count). The summed E-state index contributed by atoms with van der Waals surface area (Å²) in [6, 6.07) is 5.50. The largest absolute Gasteiger partial charge is 0.367 e. The molecule has 0 saturated heterocycles. The van der Waals surface area contributed by atoms with Gasteiger partial charge in [0.25, 0.3) is 0 Å². The van der Waals surface area contributed by atoms with E-state index in [0.29, 0.717) is 10.6 Å². The Balaban J connectivity index is 2.23. The maximum Gasteiger partial charge on any atom is 0.152 e. The monoisotopic (exact) mass is 277 g/mol. The zero-order valence-corrected chi connectivity index (χ0v) is 12.5. The smallest absolute Gasteiger partial charge is 0.152 e. The van der Waals surface area contributed by atoms with Crippen LogP contribution in [-0.2, 0) is 0 Å². The summed E-state index contributed by atoms with van der Waals surface area (Å²) in [6.07, 6.45) is 4.21. The maximum atomic E-state index is 11.1. The van der Waals surface area contributed by atoms with Crippen molar-refractivity contribution in [3.63, 3.8) is 0 Å². The third-order valence-corrected chi connectivity index (χ3v) is 3.86. The van der Waals surface area contributed by atoms with Crippen LogP contribution in [0.2, 0.25) is 5.02 Å². The minimum atomic E-state index is 0.236. The molecule has 0 bridgehead atoms. The van der Waals surface area contributed by atoms with E-state index in [1.807, 2.05) is 12.1 Å². The van der Waals surface area contributed by atoms with Crippen molar-refractivity contribution >= 4 is 23.6 Å². The summed E-state index contributed by atoms with van der Waals surface area (Å²) in [5, 5.41) is 0.605. The molecule has 1 aliphatic rings. The van der Waals surface area contributed by atoms with Gasteiger partial charge in [0, 0.05) is 29.4 Å². The van der Waals surface area contributed by atoms with Crippen LogP contribution in [0.3, 0.4) is 0 Å². The van der Waals surface area contributed by atoms with Gasteiger partial charge in [-0.25, -0.2) is 0 Å². The van der Waals surface area contributed by atoms with Gasteiger partial charge in [0.1, 0.15) is 0 Å². The second kappa shape index (κ2) is 5.38. The number of hydrogen-bond acceptors (Lipinski definition) is 2. The first-order chi connectivity index (χ1) is 8.91. The number of benzene rings is 1. The van der Waals surface area contributed by atoms with Crippen LogP contribution >= 0.6 is 11.6 Å². The molecule has 19 heavy (non-hydrogen) atoms. The summed E-state index contributed by atoms with van der Waals surface area (Å²) in [4.78, 5) is 13.4. The van der Waals surface area contributed by atoms with Gasteiger partial charge >= 0.3 is 0 Å². The number of anilines is 1. The Kier molecular flexibility index (Phi) is 4.00. The fourth-order valence-electron chi connectivity index (χ4n) is 2.48. The van der Waals surface area contributed by atoms with Gasteiger partial charge in [-0.3, -0.25) is 4.79 Å². The first-order valence-corrected chi connectivity index (χ1v) is 6.99. The van der Waals surface area contributed by atoms with Crippen LogP contribution in [0.4, 0.5) is 5.69 Å². The molecule has 0 fully saturated rings. The van der Waals surface area contributed by atoms with Gasteiger partial charge in [0.2, 0.25) is 0 Å². The highest BCUT2D eigenvalue weighted by Crippen LogP contribution is 2.32. The zero-order valence-electron chi connectivity index (χ0n) is 11.7. The maximum absolute atomic E-state index is 11.1. The zero-order chi connectivity index (χ0) is 14.0. The lowest BCUT2D eigenvalue weighted by Crippen LogP contribution is -2.31. The van der Waals surface area contributed by atoms with Gasteiger partial charge in [-0.2, -0.15) is 0 Å². The fourth-order valence-corrected chi connectivity index (χ4v) is 2.66. The Labute approximate surface area is 120 Å². The third-order valence-electron chi connectivity index (χ3n) is 3.63. The van der Waals surface area contributed by atoms with Gasteiger partial charge < -0.3 is 4.90 Å². The number of carbonyl (C=O) groups excluding carboxylic acids is 1. The van der Waals surface area contributed by atoms with Crippen LogP contribution in [0.15, 0.2) is 29.8 Å². The quantitative estimate of drug-likeness (QED) is 0.592. The second-order valence-electron chi connectivity index (χ2n) is 6.00. The van der Waals surface area contributed by atoms with Crippen molar-refractivity contribution in [1.29, 1.82) is 0 Å². The van der Waals surface area contributed by atoms with Crippen molar-refractivity contribution in [2.45, 2.75) is 27.2 Å². The standard InChI is InChI=1S/C16H20ClNO/c1-16(2,3)13-6-8-18(9-7-13)15-5-4-14(17)10-12(15)11-19/h4-6,10-11H,7-9H2,1-3H3. The average Bonchev–Trinajstić information content (AvgIpc) is 2.37. The van der Waals surface area contributed by atoms with Crippen molar-refractivity contribution < 1.29 is 4.79 Å². The van der Waals surface area contributed by atoms with Crippen LogP contribution in [0.5, 0.6) is 0 Å². The molecular formula is C16H20ClNO. The van der Waals surface area contributed by atoms with Crippen molar-refractivity contribution in [2.75, 3.05) is 18.0 Å². The van der Waals surface area contributed by atoms with Crippen molar-refractivity contribution in [1.82, 2.24) is 0 Å².